The highest BCUT2D eigenvalue weighted by molar-refractivity contribution is 5.94. The number of aliphatic imine (C=N–C) groups is 1. The number of amides is 1. The first kappa shape index (κ1) is 19.3. The molecule has 2 rings (SSSR count). The number of anilines is 1. The third kappa shape index (κ3) is 5.81. The van der Waals surface area contributed by atoms with Crippen LogP contribution in [0.3, 0.4) is 0 Å². The number of carbonyl (C=O) groups excluding carboxylic acids is 1. The molecule has 4 N–H and O–H groups in total. The third-order valence-electron chi connectivity index (χ3n) is 3.86. The fourth-order valence-corrected chi connectivity index (χ4v) is 2.35. The topological polar surface area (TPSA) is 88.7 Å². The number of rotatable bonds is 7. The molecule has 0 spiro atoms. The summed E-state index contributed by atoms with van der Waals surface area (Å²) in [4.78, 5) is 16.3. The molecular weight excluding hydrogens is 328 g/mol. The van der Waals surface area contributed by atoms with Crippen molar-refractivity contribution < 1.29 is 9.53 Å². The van der Waals surface area contributed by atoms with Crippen molar-refractivity contribution in [3.63, 3.8) is 0 Å². The third-order valence-corrected chi connectivity index (χ3v) is 3.86. The zero-order valence-electron chi connectivity index (χ0n) is 15.5. The van der Waals surface area contributed by atoms with Gasteiger partial charge in [0, 0.05) is 17.8 Å². The van der Waals surface area contributed by atoms with E-state index in [9.17, 15) is 4.79 Å². The molecule has 6 heteroatoms. The van der Waals surface area contributed by atoms with Crippen LogP contribution in [0.5, 0.6) is 5.75 Å². The van der Waals surface area contributed by atoms with Crippen LogP contribution in [-0.4, -0.2) is 32.1 Å². The van der Waals surface area contributed by atoms with Crippen LogP contribution in [0.1, 0.15) is 35.7 Å². The first-order valence-corrected chi connectivity index (χ1v) is 8.58. The summed E-state index contributed by atoms with van der Waals surface area (Å²) in [7, 11) is 1.59. The van der Waals surface area contributed by atoms with Crippen LogP contribution in [0.2, 0.25) is 0 Å². The van der Waals surface area contributed by atoms with Gasteiger partial charge in [0.1, 0.15) is 5.75 Å². The van der Waals surface area contributed by atoms with Crippen molar-refractivity contribution in [1.29, 1.82) is 0 Å². The van der Waals surface area contributed by atoms with Crippen LogP contribution >= 0.6 is 0 Å². The maximum Gasteiger partial charge on any atom is 0.251 e. The van der Waals surface area contributed by atoms with Gasteiger partial charge >= 0.3 is 0 Å². The number of ether oxygens (including phenoxy) is 1. The van der Waals surface area contributed by atoms with Crippen LogP contribution in [-0.2, 0) is 0 Å². The monoisotopic (exact) mass is 354 g/mol. The fourth-order valence-electron chi connectivity index (χ4n) is 2.35. The van der Waals surface area contributed by atoms with Crippen molar-refractivity contribution in [2.45, 2.75) is 19.8 Å². The van der Waals surface area contributed by atoms with Gasteiger partial charge in [0.25, 0.3) is 5.91 Å². The molecule has 0 aromatic heterocycles. The van der Waals surface area contributed by atoms with Crippen LogP contribution in [0.25, 0.3) is 0 Å². The second kappa shape index (κ2) is 9.46. The Morgan fingerprint density at radius 3 is 2.58 bits per heavy atom. The minimum Gasteiger partial charge on any atom is -0.497 e. The Morgan fingerprint density at radius 2 is 1.92 bits per heavy atom. The summed E-state index contributed by atoms with van der Waals surface area (Å²) in [5, 5.41) is 5.88. The molecule has 1 amide bonds. The Balaban J connectivity index is 1.80. The molecule has 0 atom stereocenters. The summed E-state index contributed by atoms with van der Waals surface area (Å²) < 4.78 is 5.07. The maximum absolute atomic E-state index is 12.0. The van der Waals surface area contributed by atoms with E-state index in [4.69, 9.17) is 10.5 Å². The summed E-state index contributed by atoms with van der Waals surface area (Å²) >= 11 is 0. The normalized spacial score (nSPS) is 11.3. The fraction of sp³-hybridized carbons (Fsp3) is 0.300. The molecule has 0 aliphatic heterocycles. The summed E-state index contributed by atoms with van der Waals surface area (Å²) in [5.41, 5.74) is 8.61. The van der Waals surface area contributed by atoms with Crippen molar-refractivity contribution in [3.05, 3.63) is 59.7 Å². The zero-order valence-corrected chi connectivity index (χ0v) is 15.5. The van der Waals surface area contributed by atoms with Gasteiger partial charge in [0.05, 0.1) is 13.7 Å². The van der Waals surface area contributed by atoms with E-state index >= 15 is 0 Å². The minimum atomic E-state index is -0.154. The van der Waals surface area contributed by atoms with E-state index in [1.54, 1.807) is 31.4 Å². The number of nitrogens with zero attached hydrogens (tertiary/aromatic N) is 1. The molecule has 0 unspecified atom stereocenters. The van der Waals surface area contributed by atoms with Gasteiger partial charge in [-0.15, -0.1) is 0 Å². The van der Waals surface area contributed by atoms with Gasteiger partial charge < -0.3 is 21.1 Å². The van der Waals surface area contributed by atoms with Gasteiger partial charge in [-0.2, -0.15) is 0 Å². The number of benzene rings is 2. The lowest BCUT2D eigenvalue weighted by atomic mass is 10.0. The molecular formula is C20H26N4O2. The Bertz CT molecular complexity index is 755. The summed E-state index contributed by atoms with van der Waals surface area (Å²) in [5.74, 6) is 1.33. The largest absolute Gasteiger partial charge is 0.497 e. The van der Waals surface area contributed by atoms with E-state index in [-0.39, 0.29) is 5.91 Å². The van der Waals surface area contributed by atoms with E-state index in [1.807, 2.05) is 12.1 Å². The molecule has 0 saturated carbocycles. The predicted molar refractivity (Wildman–Crippen MR) is 106 cm³/mol. The Morgan fingerprint density at radius 1 is 1.19 bits per heavy atom. The standard InChI is InChI=1S/C20H26N4O2/c1-14(2)16-5-4-6-17(13-16)24-20(21)23-12-11-22-19(25)15-7-9-18(26-3)10-8-15/h4-10,13-14H,11-12H2,1-3H3,(H,22,25)(H3,21,23,24). The maximum atomic E-state index is 12.0. The number of nitrogens with one attached hydrogen (secondary N) is 2. The smallest absolute Gasteiger partial charge is 0.251 e. The number of hydrogen-bond donors (Lipinski definition) is 3. The van der Waals surface area contributed by atoms with E-state index in [2.05, 4.69) is 41.6 Å². The average Bonchev–Trinajstić information content (AvgIpc) is 2.65. The molecule has 0 saturated heterocycles. The van der Waals surface area contributed by atoms with Gasteiger partial charge in [-0.1, -0.05) is 26.0 Å². The van der Waals surface area contributed by atoms with Gasteiger partial charge in [0.2, 0.25) is 0 Å². The molecule has 0 fully saturated rings. The SMILES string of the molecule is COc1ccc(C(=O)NCCN=C(N)Nc2cccc(C(C)C)c2)cc1. The molecule has 0 heterocycles. The quantitative estimate of drug-likeness (QED) is 0.405. The minimum absolute atomic E-state index is 0.154. The molecule has 6 nitrogen and oxygen atoms in total. The lowest BCUT2D eigenvalue weighted by Gasteiger charge is -2.10. The van der Waals surface area contributed by atoms with E-state index in [0.29, 0.717) is 36.3 Å². The van der Waals surface area contributed by atoms with Crippen molar-refractivity contribution >= 4 is 17.6 Å². The van der Waals surface area contributed by atoms with E-state index in [0.717, 1.165) is 5.69 Å². The highest BCUT2D eigenvalue weighted by Crippen LogP contribution is 2.18. The molecule has 0 radical (unpaired) electrons. The van der Waals surface area contributed by atoms with Crippen LogP contribution in [0.15, 0.2) is 53.5 Å². The van der Waals surface area contributed by atoms with Crippen molar-refractivity contribution in [2.24, 2.45) is 10.7 Å². The highest BCUT2D eigenvalue weighted by atomic mass is 16.5. The van der Waals surface area contributed by atoms with Crippen LogP contribution in [0, 0.1) is 0 Å². The Labute approximate surface area is 154 Å². The number of nitrogens with two attached hydrogens (primary N) is 1. The number of guanidine groups is 1. The van der Waals surface area contributed by atoms with Gasteiger partial charge in [0.15, 0.2) is 5.96 Å². The molecule has 0 bridgehead atoms. The number of methoxy groups -OCH3 is 1. The summed E-state index contributed by atoms with van der Waals surface area (Å²) in [6.07, 6.45) is 0. The Kier molecular flexibility index (Phi) is 7.02. The molecule has 0 aliphatic rings. The zero-order chi connectivity index (χ0) is 18.9. The lowest BCUT2D eigenvalue weighted by Crippen LogP contribution is -2.28. The average molecular weight is 354 g/mol. The van der Waals surface area contributed by atoms with Crippen LogP contribution in [0.4, 0.5) is 5.69 Å². The van der Waals surface area contributed by atoms with Gasteiger partial charge in [-0.25, -0.2) is 0 Å². The molecule has 26 heavy (non-hydrogen) atoms. The van der Waals surface area contributed by atoms with Crippen molar-refractivity contribution in [2.75, 3.05) is 25.5 Å². The molecule has 0 aliphatic carbocycles. The van der Waals surface area contributed by atoms with Gasteiger partial charge in [-0.05, 0) is 47.9 Å². The molecule has 2 aromatic carbocycles. The second-order valence-corrected chi connectivity index (χ2v) is 6.16. The molecule has 2 aromatic rings. The van der Waals surface area contributed by atoms with E-state index in [1.165, 1.54) is 5.56 Å². The number of hydrogen-bond acceptors (Lipinski definition) is 3. The van der Waals surface area contributed by atoms with Crippen LogP contribution < -0.4 is 21.1 Å². The summed E-state index contributed by atoms with van der Waals surface area (Å²) in [6.45, 7) is 5.08. The van der Waals surface area contributed by atoms with E-state index < -0.39 is 0 Å². The highest BCUT2D eigenvalue weighted by Gasteiger charge is 2.05. The van der Waals surface area contributed by atoms with Crippen molar-refractivity contribution in [1.82, 2.24) is 5.32 Å². The van der Waals surface area contributed by atoms with Gasteiger partial charge in [-0.3, -0.25) is 9.79 Å². The molecule has 138 valence electrons. The summed E-state index contributed by atoms with van der Waals surface area (Å²) in [6, 6.07) is 15.0. The van der Waals surface area contributed by atoms with Crippen molar-refractivity contribution in [3.8, 4) is 5.75 Å². The lowest BCUT2D eigenvalue weighted by molar-refractivity contribution is 0.0955. The first-order chi connectivity index (χ1) is 12.5. The Hall–Kier alpha value is -3.02. The predicted octanol–water partition coefficient (Wildman–Crippen LogP) is 2.98. The number of carbonyl (C=O) groups is 1. The first-order valence-electron chi connectivity index (χ1n) is 8.58. The second-order valence-electron chi connectivity index (χ2n) is 6.16.